The summed E-state index contributed by atoms with van der Waals surface area (Å²) < 4.78 is 3.63. The molecule has 0 saturated carbocycles. The molecule has 4 rings (SSSR count). The van der Waals surface area contributed by atoms with Crippen molar-refractivity contribution < 1.29 is 9.59 Å². The Kier molecular flexibility index (Phi) is 6.35. The number of carbonyl (C=O) groups is 2. The Hall–Kier alpha value is -3.87. The number of likely N-dealkylation sites (N-methyl/N-ethyl adjacent to an activating group) is 1. The van der Waals surface area contributed by atoms with E-state index in [0.29, 0.717) is 30.8 Å². The van der Waals surface area contributed by atoms with Crippen LogP contribution in [0.25, 0.3) is 5.65 Å². The van der Waals surface area contributed by atoms with Crippen LogP contribution in [0.15, 0.2) is 79.3 Å². The minimum atomic E-state index is -0.136. The SMILES string of the molecule is CN(C(=O)c1cn2ccccc2n1)[C@H](CCNC(=O)c1cccn1C)Cc1ccccc1. The molecule has 0 saturated heterocycles. The van der Waals surface area contributed by atoms with E-state index in [9.17, 15) is 9.59 Å². The number of carbonyl (C=O) groups excluding carboxylic acids is 2. The minimum Gasteiger partial charge on any atom is -0.351 e. The zero-order valence-corrected chi connectivity index (χ0v) is 18.3. The zero-order valence-electron chi connectivity index (χ0n) is 18.3. The summed E-state index contributed by atoms with van der Waals surface area (Å²) in [6.07, 6.45) is 6.79. The molecule has 0 unspecified atom stereocenters. The highest BCUT2D eigenvalue weighted by atomic mass is 16.2. The molecule has 32 heavy (non-hydrogen) atoms. The molecule has 7 heteroatoms. The van der Waals surface area contributed by atoms with Crippen molar-refractivity contribution in [2.45, 2.75) is 18.9 Å². The van der Waals surface area contributed by atoms with Crippen molar-refractivity contribution in [2.75, 3.05) is 13.6 Å². The third-order valence-electron chi connectivity index (χ3n) is 5.70. The molecule has 0 spiro atoms. The quantitative estimate of drug-likeness (QED) is 0.468. The summed E-state index contributed by atoms with van der Waals surface area (Å²) in [5.41, 5.74) is 2.89. The first-order valence-corrected chi connectivity index (χ1v) is 10.7. The van der Waals surface area contributed by atoms with E-state index in [2.05, 4.69) is 22.4 Å². The average Bonchev–Trinajstić information content (AvgIpc) is 3.44. The predicted octanol–water partition coefficient (Wildman–Crippen LogP) is 3.18. The van der Waals surface area contributed by atoms with Gasteiger partial charge in [-0.05, 0) is 42.7 Å². The highest BCUT2D eigenvalue weighted by molar-refractivity contribution is 5.93. The lowest BCUT2D eigenvalue weighted by Crippen LogP contribution is -2.41. The fourth-order valence-electron chi connectivity index (χ4n) is 3.84. The van der Waals surface area contributed by atoms with E-state index in [0.717, 1.165) is 11.2 Å². The summed E-state index contributed by atoms with van der Waals surface area (Å²) in [6.45, 7) is 0.463. The summed E-state index contributed by atoms with van der Waals surface area (Å²) in [6, 6.07) is 19.3. The number of benzene rings is 1. The first kappa shape index (κ1) is 21.4. The number of nitrogens with one attached hydrogen (secondary N) is 1. The summed E-state index contributed by atoms with van der Waals surface area (Å²) in [7, 11) is 3.65. The van der Waals surface area contributed by atoms with Crippen molar-refractivity contribution in [1.82, 2.24) is 24.2 Å². The van der Waals surface area contributed by atoms with Crippen molar-refractivity contribution in [1.29, 1.82) is 0 Å². The van der Waals surface area contributed by atoms with Gasteiger partial charge in [0.05, 0.1) is 0 Å². The van der Waals surface area contributed by atoms with Crippen LogP contribution in [-0.2, 0) is 13.5 Å². The molecule has 3 heterocycles. The lowest BCUT2D eigenvalue weighted by molar-refractivity contribution is 0.0717. The molecule has 1 aromatic carbocycles. The molecule has 1 atom stereocenters. The number of nitrogens with zero attached hydrogens (tertiary/aromatic N) is 4. The lowest BCUT2D eigenvalue weighted by atomic mass is 10.0. The van der Waals surface area contributed by atoms with Crippen molar-refractivity contribution >= 4 is 17.5 Å². The van der Waals surface area contributed by atoms with Crippen molar-refractivity contribution in [2.24, 2.45) is 7.05 Å². The van der Waals surface area contributed by atoms with Crippen LogP contribution < -0.4 is 5.32 Å². The Morgan fingerprint density at radius 3 is 2.53 bits per heavy atom. The number of rotatable bonds is 8. The van der Waals surface area contributed by atoms with E-state index >= 15 is 0 Å². The normalized spacial score (nSPS) is 11.9. The Morgan fingerprint density at radius 2 is 1.81 bits per heavy atom. The molecule has 0 aliphatic carbocycles. The number of aryl methyl sites for hydroxylation is 1. The maximum Gasteiger partial charge on any atom is 0.274 e. The van der Waals surface area contributed by atoms with Crippen molar-refractivity contribution in [3.63, 3.8) is 0 Å². The van der Waals surface area contributed by atoms with Gasteiger partial charge in [0.15, 0.2) is 0 Å². The molecule has 0 aliphatic heterocycles. The van der Waals surface area contributed by atoms with Gasteiger partial charge in [0, 0.05) is 45.3 Å². The molecular weight excluding hydrogens is 402 g/mol. The Labute approximate surface area is 187 Å². The molecule has 7 nitrogen and oxygen atoms in total. The van der Waals surface area contributed by atoms with Crippen LogP contribution in [0.2, 0.25) is 0 Å². The Morgan fingerprint density at radius 1 is 1.03 bits per heavy atom. The second kappa shape index (κ2) is 9.51. The van der Waals surface area contributed by atoms with Gasteiger partial charge in [0.25, 0.3) is 11.8 Å². The molecular formula is C25H27N5O2. The topological polar surface area (TPSA) is 71.6 Å². The van der Waals surface area contributed by atoms with Crippen LogP contribution in [0.3, 0.4) is 0 Å². The van der Waals surface area contributed by atoms with Crippen LogP contribution in [0.4, 0.5) is 0 Å². The maximum atomic E-state index is 13.2. The largest absolute Gasteiger partial charge is 0.351 e. The van der Waals surface area contributed by atoms with E-state index in [1.165, 1.54) is 0 Å². The summed E-state index contributed by atoms with van der Waals surface area (Å²) in [5.74, 6) is -0.256. The van der Waals surface area contributed by atoms with Gasteiger partial charge in [-0.15, -0.1) is 0 Å². The third kappa shape index (κ3) is 4.72. The summed E-state index contributed by atoms with van der Waals surface area (Å²) >= 11 is 0. The molecule has 0 bridgehead atoms. The molecule has 4 aromatic rings. The second-order valence-corrected chi connectivity index (χ2v) is 7.90. The highest BCUT2D eigenvalue weighted by Gasteiger charge is 2.24. The average molecular weight is 430 g/mol. The van der Waals surface area contributed by atoms with E-state index in [1.807, 2.05) is 66.3 Å². The highest BCUT2D eigenvalue weighted by Crippen LogP contribution is 2.15. The molecule has 1 N–H and O–H groups in total. The maximum absolute atomic E-state index is 13.2. The standard InChI is InChI=1S/C25H27N5O2/c1-28-15-8-11-22(28)24(31)26-14-13-20(17-19-9-4-3-5-10-19)29(2)25(32)21-18-30-16-7-6-12-23(30)27-21/h3-12,15-16,18,20H,13-14,17H2,1-2H3,(H,26,31)/t20-/m1/s1. The van der Waals surface area contributed by atoms with Crippen LogP contribution in [0, 0.1) is 0 Å². The molecule has 3 aromatic heterocycles. The minimum absolute atomic E-state index is 0.0941. The second-order valence-electron chi connectivity index (χ2n) is 7.90. The van der Waals surface area contributed by atoms with Crippen LogP contribution in [-0.4, -0.2) is 50.3 Å². The van der Waals surface area contributed by atoms with E-state index < -0.39 is 0 Å². The molecule has 0 aliphatic rings. The molecule has 164 valence electrons. The Balaban J connectivity index is 1.48. The van der Waals surface area contributed by atoms with E-state index in [-0.39, 0.29) is 17.9 Å². The third-order valence-corrected chi connectivity index (χ3v) is 5.70. The lowest BCUT2D eigenvalue weighted by Gasteiger charge is -2.28. The number of hydrogen-bond donors (Lipinski definition) is 1. The zero-order chi connectivity index (χ0) is 22.5. The first-order chi connectivity index (χ1) is 15.5. The van der Waals surface area contributed by atoms with Crippen LogP contribution >= 0.6 is 0 Å². The molecule has 0 fully saturated rings. The smallest absolute Gasteiger partial charge is 0.274 e. The molecule has 2 amide bonds. The van der Waals surface area contributed by atoms with Gasteiger partial charge < -0.3 is 19.2 Å². The van der Waals surface area contributed by atoms with Gasteiger partial charge in [0.2, 0.25) is 0 Å². The van der Waals surface area contributed by atoms with Gasteiger partial charge in [-0.25, -0.2) is 4.98 Å². The number of imidazole rings is 1. The molecule has 0 radical (unpaired) electrons. The summed E-state index contributed by atoms with van der Waals surface area (Å²) in [4.78, 5) is 31.9. The predicted molar refractivity (Wildman–Crippen MR) is 124 cm³/mol. The first-order valence-electron chi connectivity index (χ1n) is 10.7. The van der Waals surface area contributed by atoms with Gasteiger partial charge in [-0.3, -0.25) is 9.59 Å². The number of hydrogen-bond acceptors (Lipinski definition) is 3. The fraction of sp³-hybridized carbons (Fsp3) is 0.240. The monoisotopic (exact) mass is 429 g/mol. The van der Waals surface area contributed by atoms with Crippen LogP contribution in [0.1, 0.15) is 33.0 Å². The summed E-state index contributed by atoms with van der Waals surface area (Å²) in [5, 5.41) is 2.98. The van der Waals surface area contributed by atoms with Gasteiger partial charge in [0.1, 0.15) is 17.0 Å². The van der Waals surface area contributed by atoms with Crippen molar-refractivity contribution in [3.8, 4) is 0 Å². The number of fused-ring (bicyclic) bond motifs is 1. The Bertz CT molecular complexity index is 1180. The van der Waals surface area contributed by atoms with Crippen LogP contribution in [0.5, 0.6) is 0 Å². The number of aromatic nitrogens is 3. The van der Waals surface area contributed by atoms with Gasteiger partial charge in [-0.2, -0.15) is 0 Å². The van der Waals surface area contributed by atoms with Gasteiger partial charge in [-0.1, -0.05) is 36.4 Å². The van der Waals surface area contributed by atoms with Gasteiger partial charge >= 0.3 is 0 Å². The number of pyridine rings is 1. The fourth-order valence-corrected chi connectivity index (χ4v) is 3.84. The van der Waals surface area contributed by atoms with Crippen molar-refractivity contribution in [3.05, 3.63) is 96.2 Å². The van der Waals surface area contributed by atoms with E-state index in [1.54, 1.807) is 28.8 Å². The number of amides is 2. The van der Waals surface area contributed by atoms with E-state index in [4.69, 9.17) is 0 Å².